The number of anilines is 2. The molecule has 0 fully saturated rings. The molecule has 0 saturated carbocycles. The molecule has 1 amide bonds. The summed E-state index contributed by atoms with van der Waals surface area (Å²) in [4.78, 5) is 14.6. The number of hydrogen-bond acceptors (Lipinski definition) is 6. The Morgan fingerprint density at radius 2 is 1.71 bits per heavy atom. The predicted molar refractivity (Wildman–Crippen MR) is 127 cm³/mol. The number of carbonyl (C=O) groups excluding carboxylic acids is 1. The molecular formula is C23H29N5O2S. The summed E-state index contributed by atoms with van der Waals surface area (Å²) in [6, 6.07) is 15.7. The van der Waals surface area contributed by atoms with Crippen molar-refractivity contribution in [2.75, 3.05) is 35.7 Å². The molecule has 164 valence electrons. The molecule has 0 aliphatic rings. The zero-order valence-corrected chi connectivity index (χ0v) is 19.3. The lowest BCUT2D eigenvalue weighted by Gasteiger charge is -2.21. The average molecular weight is 440 g/mol. The fourth-order valence-electron chi connectivity index (χ4n) is 3.23. The SMILES string of the molecule is CCOc1ccc(NC(=O)CSc2nnc(-c3ccc(N(CC)CC)cc3)n2C)cc1. The van der Waals surface area contributed by atoms with E-state index in [1.54, 1.807) is 0 Å². The first-order valence-corrected chi connectivity index (χ1v) is 11.4. The monoisotopic (exact) mass is 439 g/mol. The van der Waals surface area contributed by atoms with Gasteiger partial charge in [0.2, 0.25) is 5.91 Å². The van der Waals surface area contributed by atoms with Gasteiger partial charge in [-0.1, -0.05) is 11.8 Å². The minimum absolute atomic E-state index is 0.0951. The normalized spacial score (nSPS) is 10.7. The van der Waals surface area contributed by atoms with E-state index >= 15 is 0 Å². The van der Waals surface area contributed by atoms with E-state index in [-0.39, 0.29) is 11.7 Å². The molecule has 0 saturated heterocycles. The van der Waals surface area contributed by atoms with Gasteiger partial charge in [0.15, 0.2) is 11.0 Å². The van der Waals surface area contributed by atoms with Crippen molar-refractivity contribution in [1.82, 2.24) is 14.8 Å². The smallest absolute Gasteiger partial charge is 0.234 e. The van der Waals surface area contributed by atoms with Crippen LogP contribution < -0.4 is 15.0 Å². The van der Waals surface area contributed by atoms with Gasteiger partial charge >= 0.3 is 0 Å². The molecule has 8 heteroatoms. The summed E-state index contributed by atoms with van der Waals surface area (Å²) >= 11 is 1.36. The Hall–Kier alpha value is -3.00. The van der Waals surface area contributed by atoms with Crippen molar-refractivity contribution in [3.8, 4) is 17.1 Å². The second-order valence-electron chi connectivity index (χ2n) is 6.88. The first kappa shape index (κ1) is 22.7. The van der Waals surface area contributed by atoms with Crippen LogP contribution in [0.3, 0.4) is 0 Å². The van der Waals surface area contributed by atoms with Crippen LogP contribution in [0.2, 0.25) is 0 Å². The van der Waals surface area contributed by atoms with Gasteiger partial charge < -0.3 is 19.5 Å². The van der Waals surface area contributed by atoms with Crippen LogP contribution in [0, 0.1) is 0 Å². The number of thioether (sulfide) groups is 1. The number of hydrogen-bond donors (Lipinski definition) is 1. The zero-order chi connectivity index (χ0) is 22.2. The van der Waals surface area contributed by atoms with Gasteiger partial charge in [0.25, 0.3) is 0 Å². The quantitative estimate of drug-likeness (QED) is 0.470. The lowest BCUT2D eigenvalue weighted by atomic mass is 10.2. The van der Waals surface area contributed by atoms with Crippen molar-refractivity contribution in [3.05, 3.63) is 48.5 Å². The third-order valence-corrected chi connectivity index (χ3v) is 5.89. The Morgan fingerprint density at radius 1 is 1.03 bits per heavy atom. The third kappa shape index (κ3) is 5.79. The number of nitrogens with zero attached hydrogens (tertiary/aromatic N) is 4. The lowest BCUT2D eigenvalue weighted by molar-refractivity contribution is -0.113. The Kier molecular flexibility index (Phi) is 7.94. The highest BCUT2D eigenvalue weighted by Gasteiger charge is 2.13. The lowest BCUT2D eigenvalue weighted by Crippen LogP contribution is -2.21. The van der Waals surface area contributed by atoms with Gasteiger partial charge in [0.05, 0.1) is 12.4 Å². The second kappa shape index (κ2) is 10.9. The van der Waals surface area contributed by atoms with E-state index in [9.17, 15) is 4.79 Å². The maximum atomic E-state index is 12.3. The highest BCUT2D eigenvalue weighted by atomic mass is 32.2. The molecule has 0 spiro atoms. The number of amides is 1. The molecule has 7 nitrogen and oxygen atoms in total. The summed E-state index contributed by atoms with van der Waals surface area (Å²) in [6.45, 7) is 8.79. The maximum absolute atomic E-state index is 12.3. The van der Waals surface area contributed by atoms with Crippen LogP contribution in [-0.4, -0.2) is 46.1 Å². The molecule has 0 unspecified atom stereocenters. The van der Waals surface area contributed by atoms with Gasteiger partial charge in [-0.3, -0.25) is 4.79 Å². The van der Waals surface area contributed by atoms with Gasteiger partial charge in [0.1, 0.15) is 5.75 Å². The van der Waals surface area contributed by atoms with Gasteiger partial charge in [-0.15, -0.1) is 10.2 Å². The number of nitrogens with one attached hydrogen (secondary N) is 1. The van der Waals surface area contributed by atoms with Gasteiger partial charge in [-0.05, 0) is 69.3 Å². The molecule has 3 aromatic rings. The molecule has 1 heterocycles. The van der Waals surface area contributed by atoms with Gasteiger partial charge in [-0.2, -0.15) is 0 Å². The van der Waals surface area contributed by atoms with E-state index in [0.29, 0.717) is 11.8 Å². The van der Waals surface area contributed by atoms with Gasteiger partial charge in [0, 0.05) is 37.1 Å². The Bertz CT molecular complexity index is 982. The van der Waals surface area contributed by atoms with Crippen molar-refractivity contribution >= 4 is 29.0 Å². The van der Waals surface area contributed by atoms with Gasteiger partial charge in [-0.25, -0.2) is 0 Å². The number of benzene rings is 2. The Balaban J connectivity index is 1.59. The van der Waals surface area contributed by atoms with Crippen molar-refractivity contribution in [1.29, 1.82) is 0 Å². The molecular weight excluding hydrogens is 410 g/mol. The molecule has 0 atom stereocenters. The second-order valence-corrected chi connectivity index (χ2v) is 7.82. The third-order valence-electron chi connectivity index (χ3n) is 4.87. The fraction of sp³-hybridized carbons (Fsp3) is 0.348. The van der Waals surface area contributed by atoms with Crippen LogP contribution in [0.1, 0.15) is 20.8 Å². The van der Waals surface area contributed by atoms with E-state index in [4.69, 9.17) is 4.74 Å². The van der Waals surface area contributed by atoms with Crippen LogP contribution in [0.5, 0.6) is 5.75 Å². The minimum Gasteiger partial charge on any atom is -0.494 e. The predicted octanol–water partition coefficient (Wildman–Crippen LogP) is 4.46. The summed E-state index contributed by atoms with van der Waals surface area (Å²) in [7, 11) is 1.92. The largest absolute Gasteiger partial charge is 0.494 e. The maximum Gasteiger partial charge on any atom is 0.234 e. The topological polar surface area (TPSA) is 72.3 Å². The highest BCUT2D eigenvalue weighted by molar-refractivity contribution is 7.99. The molecule has 1 N–H and O–H groups in total. The van der Waals surface area contributed by atoms with Crippen molar-refractivity contribution in [2.24, 2.45) is 7.05 Å². The Labute approximate surface area is 187 Å². The standard InChI is InChI=1S/C23H29N5O2S/c1-5-28(6-2)19-12-8-17(9-13-19)22-25-26-23(27(22)4)31-16-21(29)24-18-10-14-20(15-11-18)30-7-3/h8-15H,5-7,16H2,1-4H3,(H,24,29). The van der Waals surface area contributed by atoms with E-state index in [1.807, 2.05) is 42.8 Å². The van der Waals surface area contributed by atoms with Crippen molar-refractivity contribution in [2.45, 2.75) is 25.9 Å². The summed E-state index contributed by atoms with van der Waals surface area (Å²) in [5.41, 5.74) is 2.93. The molecule has 2 aromatic carbocycles. The van der Waals surface area contributed by atoms with Crippen LogP contribution in [0.4, 0.5) is 11.4 Å². The summed E-state index contributed by atoms with van der Waals surface area (Å²) in [5.74, 6) is 1.72. The molecule has 0 radical (unpaired) electrons. The molecule has 0 bridgehead atoms. The molecule has 0 aliphatic carbocycles. The van der Waals surface area contributed by atoms with Crippen LogP contribution >= 0.6 is 11.8 Å². The van der Waals surface area contributed by atoms with Crippen LogP contribution in [0.25, 0.3) is 11.4 Å². The minimum atomic E-state index is -0.0951. The summed E-state index contributed by atoms with van der Waals surface area (Å²) in [5, 5.41) is 12.2. The van der Waals surface area contributed by atoms with E-state index in [2.05, 4.69) is 58.5 Å². The molecule has 3 rings (SSSR count). The zero-order valence-electron chi connectivity index (χ0n) is 18.5. The number of rotatable bonds is 10. The Morgan fingerprint density at radius 3 is 2.32 bits per heavy atom. The number of ether oxygens (including phenoxy) is 1. The van der Waals surface area contributed by atoms with Crippen LogP contribution in [-0.2, 0) is 11.8 Å². The van der Waals surface area contributed by atoms with Crippen molar-refractivity contribution in [3.63, 3.8) is 0 Å². The molecule has 31 heavy (non-hydrogen) atoms. The van der Waals surface area contributed by atoms with E-state index in [1.165, 1.54) is 17.4 Å². The van der Waals surface area contributed by atoms with E-state index in [0.717, 1.165) is 35.9 Å². The van der Waals surface area contributed by atoms with Crippen LogP contribution in [0.15, 0.2) is 53.7 Å². The molecule has 0 aliphatic heterocycles. The first-order valence-electron chi connectivity index (χ1n) is 10.5. The van der Waals surface area contributed by atoms with E-state index < -0.39 is 0 Å². The first-order chi connectivity index (χ1) is 15.0. The number of aromatic nitrogens is 3. The average Bonchev–Trinajstić information content (AvgIpc) is 3.15. The fourth-order valence-corrected chi connectivity index (χ4v) is 3.94. The highest BCUT2D eigenvalue weighted by Crippen LogP contribution is 2.25. The summed E-state index contributed by atoms with van der Waals surface area (Å²) in [6.07, 6.45) is 0. The summed E-state index contributed by atoms with van der Waals surface area (Å²) < 4.78 is 7.33. The molecule has 1 aromatic heterocycles. The van der Waals surface area contributed by atoms with Crippen molar-refractivity contribution < 1.29 is 9.53 Å². The number of carbonyl (C=O) groups is 1.